The number of carbonyl (C=O) groups is 1. The third-order valence-corrected chi connectivity index (χ3v) is 4.99. The molecule has 0 unspecified atom stereocenters. The SMILES string of the molecule is CCN(CC)CCCNC(=O)c1cc2c(ccc3ccccc32)c(C)n1. The fourth-order valence-corrected chi connectivity index (χ4v) is 3.43. The van der Waals surface area contributed by atoms with Crippen LogP contribution in [0.15, 0.2) is 42.5 Å². The van der Waals surface area contributed by atoms with Crippen LogP contribution < -0.4 is 5.32 Å². The second-order valence-corrected chi connectivity index (χ2v) is 6.61. The summed E-state index contributed by atoms with van der Waals surface area (Å²) in [5.74, 6) is -0.0949. The third kappa shape index (κ3) is 3.86. The van der Waals surface area contributed by atoms with Gasteiger partial charge in [-0.2, -0.15) is 0 Å². The zero-order valence-corrected chi connectivity index (χ0v) is 15.9. The number of nitrogens with zero attached hydrogens (tertiary/aromatic N) is 2. The highest BCUT2D eigenvalue weighted by Gasteiger charge is 2.12. The molecule has 2 aromatic carbocycles. The predicted octanol–water partition coefficient (Wildman–Crippen LogP) is 4.16. The molecular weight excluding hydrogens is 322 g/mol. The van der Waals surface area contributed by atoms with Crippen LogP contribution in [0.5, 0.6) is 0 Å². The van der Waals surface area contributed by atoms with Crippen molar-refractivity contribution >= 4 is 27.5 Å². The van der Waals surface area contributed by atoms with Crippen molar-refractivity contribution in [3.05, 3.63) is 53.9 Å². The first-order valence-corrected chi connectivity index (χ1v) is 9.43. The van der Waals surface area contributed by atoms with Gasteiger partial charge in [-0.3, -0.25) is 4.79 Å². The lowest BCUT2D eigenvalue weighted by atomic mass is 10.0. The van der Waals surface area contributed by atoms with E-state index < -0.39 is 0 Å². The van der Waals surface area contributed by atoms with Crippen molar-refractivity contribution < 1.29 is 4.79 Å². The summed E-state index contributed by atoms with van der Waals surface area (Å²) in [6.07, 6.45) is 0.947. The molecule has 0 radical (unpaired) electrons. The van der Waals surface area contributed by atoms with Gasteiger partial charge in [0.25, 0.3) is 5.91 Å². The average molecular weight is 349 g/mol. The maximum atomic E-state index is 12.6. The first-order valence-electron chi connectivity index (χ1n) is 9.43. The van der Waals surface area contributed by atoms with Crippen LogP contribution >= 0.6 is 0 Å². The summed E-state index contributed by atoms with van der Waals surface area (Å²) in [7, 11) is 0. The normalized spacial score (nSPS) is 11.4. The topological polar surface area (TPSA) is 45.2 Å². The number of nitrogens with one attached hydrogen (secondary N) is 1. The average Bonchev–Trinajstić information content (AvgIpc) is 2.67. The Morgan fingerprint density at radius 3 is 2.58 bits per heavy atom. The number of rotatable bonds is 7. The zero-order valence-electron chi connectivity index (χ0n) is 15.9. The largest absolute Gasteiger partial charge is 0.351 e. The number of pyridine rings is 1. The third-order valence-electron chi connectivity index (χ3n) is 4.99. The summed E-state index contributed by atoms with van der Waals surface area (Å²) in [4.78, 5) is 19.5. The lowest BCUT2D eigenvalue weighted by molar-refractivity contribution is 0.0947. The van der Waals surface area contributed by atoms with Crippen LogP contribution in [-0.4, -0.2) is 42.0 Å². The van der Waals surface area contributed by atoms with Crippen LogP contribution in [0.1, 0.15) is 36.5 Å². The fourth-order valence-electron chi connectivity index (χ4n) is 3.43. The maximum Gasteiger partial charge on any atom is 0.269 e. The van der Waals surface area contributed by atoms with Gasteiger partial charge < -0.3 is 10.2 Å². The molecule has 3 rings (SSSR count). The lowest BCUT2D eigenvalue weighted by Gasteiger charge is -2.17. The Hall–Kier alpha value is -2.46. The van der Waals surface area contributed by atoms with E-state index in [2.05, 4.69) is 53.3 Å². The summed E-state index contributed by atoms with van der Waals surface area (Å²) >= 11 is 0. The van der Waals surface area contributed by atoms with E-state index in [1.54, 1.807) is 0 Å². The van der Waals surface area contributed by atoms with Gasteiger partial charge in [0, 0.05) is 17.6 Å². The van der Waals surface area contributed by atoms with Gasteiger partial charge in [-0.05, 0) is 55.2 Å². The highest BCUT2D eigenvalue weighted by molar-refractivity contribution is 6.10. The monoisotopic (exact) mass is 349 g/mol. The second kappa shape index (κ2) is 8.28. The molecule has 1 amide bonds. The Morgan fingerprint density at radius 1 is 1.04 bits per heavy atom. The summed E-state index contributed by atoms with van der Waals surface area (Å²) in [5.41, 5.74) is 1.38. The van der Waals surface area contributed by atoms with Crippen molar-refractivity contribution in [2.45, 2.75) is 27.2 Å². The molecule has 4 nitrogen and oxygen atoms in total. The molecule has 3 aromatic rings. The minimum absolute atomic E-state index is 0.0949. The number of aromatic nitrogens is 1. The Morgan fingerprint density at radius 2 is 1.81 bits per heavy atom. The summed E-state index contributed by atoms with van der Waals surface area (Å²) < 4.78 is 0. The predicted molar refractivity (Wildman–Crippen MR) is 109 cm³/mol. The lowest BCUT2D eigenvalue weighted by Crippen LogP contribution is -2.30. The summed E-state index contributed by atoms with van der Waals surface area (Å²) in [6, 6.07) is 14.4. The quantitative estimate of drug-likeness (QED) is 0.515. The van der Waals surface area contributed by atoms with Gasteiger partial charge in [0.2, 0.25) is 0 Å². The molecule has 1 aromatic heterocycles. The minimum Gasteiger partial charge on any atom is -0.351 e. The van der Waals surface area contributed by atoms with Crippen molar-refractivity contribution in [3.8, 4) is 0 Å². The number of benzene rings is 2. The smallest absolute Gasteiger partial charge is 0.269 e. The number of amides is 1. The van der Waals surface area contributed by atoms with Crippen LogP contribution in [0.2, 0.25) is 0 Å². The number of hydrogen-bond donors (Lipinski definition) is 1. The van der Waals surface area contributed by atoms with Crippen LogP contribution in [0.4, 0.5) is 0 Å². The fraction of sp³-hybridized carbons (Fsp3) is 0.364. The first-order chi connectivity index (χ1) is 12.6. The molecule has 26 heavy (non-hydrogen) atoms. The van der Waals surface area contributed by atoms with Gasteiger partial charge >= 0.3 is 0 Å². The van der Waals surface area contributed by atoms with E-state index in [4.69, 9.17) is 0 Å². The van der Waals surface area contributed by atoms with E-state index in [1.165, 1.54) is 5.39 Å². The Balaban J connectivity index is 1.79. The molecule has 0 saturated carbocycles. The number of carbonyl (C=O) groups excluding carboxylic acids is 1. The van der Waals surface area contributed by atoms with Crippen molar-refractivity contribution in [2.24, 2.45) is 0 Å². The van der Waals surface area contributed by atoms with Gasteiger partial charge in [0.15, 0.2) is 0 Å². The number of hydrogen-bond acceptors (Lipinski definition) is 3. The highest BCUT2D eigenvalue weighted by atomic mass is 16.1. The van der Waals surface area contributed by atoms with Gasteiger partial charge in [0.05, 0.1) is 0 Å². The molecule has 4 heteroatoms. The molecule has 0 aliphatic carbocycles. The van der Waals surface area contributed by atoms with Crippen molar-refractivity contribution in [1.29, 1.82) is 0 Å². The Kier molecular flexibility index (Phi) is 5.84. The molecule has 0 bridgehead atoms. The Bertz CT molecular complexity index is 916. The highest BCUT2D eigenvalue weighted by Crippen LogP contribution is 2.27. The maximum absolute atomic E-state index is 12.6. The molecule has 0 atom stereocenters. The van der Waals surface area contributed by atoms with Gasteiger partial charge in [-0.25, -0.2) is 4.98 Å². The van der Waals surface area contributed by atoms with E-state index in [0.29, 0.717) is 12.2 Å². The number of aryl methyl sites for hydroxylation is 1. The molecular formula is C22H27N3O. The molecule has 0 fully saturated rings. The first kappa shape index (κ1) is 18.3. The minimum atomic E-state index is -0.0949. The van der Waals surface area contributed by atoms with E-state index in [-0.39, 0.29) is 5.91 Å². The summed E-state index contributed by atoms with van der Waals surface area (Å²) in [6.45, 7) is 10.0. The molecule has 0 spiro atoms. The van der Waals surface area contributed by atoms with Gasteiger partial charge in [-0.1, -0.05) is 50.2 Å². The number of fused-ring (bicyclic) bond motifs is 3. The second-order valence-electron chi connectivity index (χ2n) is 6.61. The van der Waals surface area contributed by atoms with Crippen molar-refractivity contribution in [1.82, 2.24) is 15.2 Å². The molecule has 1 heterocycles. The Labute approximate surface area is 155 Å². The van der Waals surface area contributed by atoms with Gasteiger partial charge in [-0.15, -0.1) is 0 Å². The molecule has 1 N–H and O–H groups in total. The standard InChI is InChI=1S/C22H27N3O/c1-4-25(5-2)14-8-13-23-22(26)21-15-20-18(16(3)24-21)12-11-17-9-6-7-10-19(17)20/h6-7,9-12,15H,4-5,8,13-14H2,1-3H3,(H,23,26). The van der Waals surface area contributed by atoms with E-state index in [0.717, 1.165) is 47.9 Å². The van der Waals surface area contributed by atoms with Crippen LogP contribution in [0.25, 0.3) is 21.5 Å². The van der Waals surface area contributed by atoms with Crippen LogP contribution in [0.3, 0.4) is 0 Å². The van der Waals surface area contributed by atoms with E-state index >= 15 is 0 Å². The summed E-state index contributed by atoms with van der Waals surface area (Å²) in [5, 5.41) is 7.54. The van der Waals surface area contributed by atoms with Crippen molar-refractivity contribution in [2.75, 3.05) is 26.2 Å². The van der Waals surface area contributed by atoms with E-state index in [9.17, 15) is 4.79 Å². The molecule has 0 aliphatic heterocycles. The molecule has 136 valence electrons. The molecule has 0 saturated heterocycles. The van der Waals surface area contributed by atoms with Gasteiger partial charge in [0.1, 0.15) is 5.69 Å². The van der Waals surface area contributed by atoms with Crippen LogP contribution in [-0.2, 0) is 0 Å². The van der Waals surface area contributed by atoms with Crippen molar-refractivity contribution in [3.63, 3.8) is 0 Å². The zero-order chi connectivity index (χ0) is 18.5. The molecule has 0 aliphatic rings. The van der Waals surface area contributed by atoms with Crippen LogP contribution in [0, 0.1) is 6.92 Å². The van der Waals surface area contributed by atoms with E-state index in [1.807, 2.05) is 25.1 Å².